The number of carbonyl (C=O) groups is 1. The Labute approximate surface area is 113 Å². The molecule has 3 nitrogen and oxygen atoms in total. The molecule has 1 amide bonds. The summed E-state index contributed by atoms with van der Waals surface area (Å²) in [5, 5.41) is 12.0. The molecule has 1 aromatic carbocycles. The van der Waals surface area contributed by atoms with E-state index in [1.807, 2.05) is 37.3 Å². The Kier molecular flexibility index (Phi) is 4.35. The fourth-order valence-corrected chi connectivity index (χ4v) is 2.31. The number of nitriles is 1. The number of aryl methyl sites for hydroxylation is 1. The van der Waals surface area contributed by atoms with Crippen molar-refractivity contribution in [2.45, 2.75) is 38.6 Å². The van der Waals surface area contributed by atoms with Gasteiger partial charge in [-0.05, 0) is 31.4 Å². The van der Waals surface area contributed by atoms with E-state index >= 15 is 0 Å². The molecule has 1 aliphatic rings. The van der Waals surface area contributed by atoms with Crippen molar-refractivity contribution in [2.24, 2.45) is 0 Å². The summed E-state index contributed by atoms with van der Waals surface area (Å²) in [4.78, 5) is 12.0. The number of amides is 1. The highest BCUT2D eigenvalue weighted by Crippen LogP contribution is 2.18. The molecule has 1 fully saturated rings. The molecule has 0 unspecified atom stereocenters. The zero-order valence-corrected chi connectivity index (χ0v) is 11.1. The number of nitrogens with zero attached hydrogens (tertiary/aromatic N) is 1. The van der Waals surface area contributed by atoms with E-state index in [0.29, 0.717) is 0 Å². The Bertz CT molecular complexity index is 517. The lowest BCUT2D eigenvalue weighted by Gasteiger charge is -2.10. The summed E-state index contributed by atoms with van der Waals surface area (Å²) in [5.74, 6) is -0.255. The standard InChI is InChI=1S/C16H18N2O/c1-12-6-8-13(9-7-12)10-14(11-17)16(19)18-15-4-2-3-5-15/h6-10,15H,2-5H2,1H3,(H,18,19)/b14-10-. The lowest BCUT2D eigenvalue weighted by molar-refractivity contribution is -0.117. The lowest BCUT2D eigenvalue weighted by Crippen LogP contribution is -2.33. The fourth-order valence-electron chi connectivity index (χ4n) is 2.31. The maximum Gasteiger partial charge on any atom is 0.262 e. The van der Waals surface area contributed by atoms with Crippen molar-refractivity contribution < 1.29 is 4.79 Å². The fraction of sp³-hybridized carbons (Fsp3) is 0.375. The Morgan fingerprint density at radius 1 is 1.32 bits per heavy atom. The molecule has 2 rings (SSSR count). The Morgan fingerprint density at radius 2 is 1.95 bits per heavy atom. The van der Waals surface area contributed by atoms with Gasteiger partial charge in [0.1, 0.15) is 11.6 Å². The Morgan fingerprint density at radius 3 is 2.53 bits per heavy atom. The molecular formula is C16H18N2O. The van der Waals surface area contributed by atoms with Gasteiger partial charge in [-0.2, -0.15) is 5.26 Å². The number of rotatable bonds is 3. The van der Waals surface area contributed by atoms with E-state index < -0.39 is 0 Å². The second kappa shape index (κ2) is 6.19. The van der Waals surface area contributed by atoms with Crippen molar-refractivity contribution in [2.75, 3.05) is 0 Å². The van der Waals surface area contributed by atoms with E-state index in [0.717, 1.165) is 36.8 Å². The molecule has 1 aromatic rings. The SMILES string of the molecule is Cc1ccc(/C=C(/C#N)C(=O)NC2CCCC2)cc1. The van der Waals surface area contributed by atoms with E-state index in [1.54, 1.807) is 6.08 Å². The van der Waals surface area contributed by atoms with Gasteiger partial charge >= 0.3 is 0 Å². The van der Waals surface area contributed by atoms with Crippen molar-refractivity contribution >= 4 is 12.0 Å². The molecule has 1 N–H and O–H groups in total. The minimum Gasteiger partial charge on any atom is -0.349 e. The largest absolute Gasteiger partial charge is 0.349 e. The summed E-state index contributed by atoms with van der Waals surface area (Å²) < 4.78 is 0. The van der Waals surface area contributed by atoms with Gasteiger partial charge in [-0.15, -0.1) is 0 Å². The Balaban J connectivity index is 2.08. The molecule has 98 valence electrons. The van der Waals surface area contributed by atoms with Crippen molar-refractivity contribution in [1.29, 1.82) is 5.26 Å². The van der Waals surface area contributed by atoms with Crippen LogP contribution in [0.3, 0.4) is 0 Å². The van der Waals surface area contributed by atoms with Gasteiger partial charge in [-0.1, -0.05) is 42.7 Å². The highest BCUT2D eigenvalue weighted by Gasteiger charge is 2.19. The van der Waals surface area contributed by atoms with Gasteiger partial charge in [0.2, 0.25) is 0 Å². The monoisotopic (exact) mass is 254 g/mol. The molecule has 0 radical (unpaired) electrons. The third-order valence-electron chi connectivity index (χ3n) is 3.44. The van der Waals surface area contributed by atoms with Crippen LogP contribution in [0, 0.1) is 18.3 Å². The summed E-state index contributed by atoms with van der Waals surface area (Å²) in [6.07, 6.45) is 6.01. The summed E-state index contributed by atoms with van der Waals surface area (Å²) in [7, 11) is 0. The van der Waals surface area contributed by atoms with Crippen LogP contribution in [0.15, 0.2) is 29.8 Å². The molecule has 0 aliphatic heterocycles. The summed E-state index contributed by atoms with van der Waals surface area (Å²) in [6.45, 7) is 2.01. The topological polar surface area (TPSA) is 52.9 Å². The third kappa shape index (κ3) is 3.69. The molecule has 0 saturated heterocycles. The average Bonchev–Trinajstić information content (AvgIpc) is 2.90. The molecule has 0 bridgehead atoms. The second-order valence-corrected chi connectivity index (χ2v) is 5.04. The average molecular weight is 254 g/mol. The second-order valence-electron chi connectivity index (χ2n) is 5.04. The van der Waals surface area contributed by atoms with Crippen LogP contribution in [0.5, 0.6) is 0 Å². The molecule has 0 atom stereocenters. The number of carbonyl (C=O) groups excluding carboxylic acids is 1. The minimum absolute atomic E-state index is 0.177. The summed E-state index contributed by atoms with van der Waals surface area (Å²) in [5.41, 5.74) is 2.21. The van der Waals surface area contributed by atoms with E-state index in [4.69, 9.17) is 5.26 Å². The number of hydrogen-bond donors (Lipinski definition) is 1. The van der Waals surface area contributed by atoms with Gasteiger partial charge in [0, 0.05) is 6.04 Å². The summed E-state index contributed by atoms with van der Waals surface area (Å²) in [6, 6.07) is 9.99. The summed E-state index contributed by atoms with van der Waals surface area (Å²) >= 11 is 0. The van der Waals surface area contributed by atoms with Crippen LogP contribution in [-0.2, 0) is 4.79 Å². The normalized spacial score (nSPS) is 16.1. The van der Waals surface area contributed by atoms with Gasteiger partial charge < -0.3 is 5.32 Å². The number of hydrogen-bond acceptors (Lipinski definition) is 2. The maximum atomic E-state index is 12.0. The first-order chi connectivity index (χ1) is 9.19. The zero-order chi connectivity index (χ0) is 13.7. The molecular weight excluding hydrogens is 236 g/mol. The molecule has 3 heteroatoms. The maximum absolute atomic E-state index is 12.0. The first-order valence-corrected chi connectivity index (χ1v) is 6.68. The molecule has 0 heterocycles. The van der Waals surface area contributed by atoms with Crippen molar-refractivity contribution in [1.82, 2.24) is 5.32 Å². The zero-order valence-electron chi connectivity index (χ0n) is 11.1. The van der Waals surface area contributed by atoms with Crippen molar-refractivity contribution in [3.8, 4) is 6.07 Å². The first kappa shape index (κ1) is 13.4. The molecule has 1 saturated carbocycles. The molecule has 1 aliphatic carbocycles. The number of benzene rings is 1. The van der Waals surface area contributed by atoms with Crippen LogP contribution < -0.4 is 5.32 Å². The van der Waals surface area contributed by atoms with Gasteiger partial charge in [0.05, 0.1) is 0 Å². The Hall–Kier alpha value is -2.08. The van der Waals surface area contributed by atoms with Crippen LogP contribution in [0.25, 0.3) is 6.08 Å². The van der Waals surface area contributed by atoms with Crippen LogP contribution in [-0.4, -0.2) is 11.9 Å². The first-order valence-electron chi connectivity index (χ1n) is 6.68. The minimum atomic E-state index is -0.255. The van der Waals surface area contributed by atoms with Gasteiger partial charge in [-0.25, -0.2) is 0 Å². The van der Waals surface area contributed by atoms with E-state index in [2.05, 4.69) is 5.32 Å². The smallest absolute Gasteiger partial charge is 0.262 e. The van der Waals surface area contributed by atoms with Crippen molar-refractivity contribution in [3.05, 3.63) is 41.0 Å². The van der Waals surface area contributed by atoms with Crippen LogP contribution in [0.1, 0.15) is 36.8 Å². The lowest BCUT2D eigenvalue weighted by atomic mass is 10.1. The van der Waals surface area contributed by atoms with Crippen LogP contribution >= 0.6 is 0 Å². The van der Waals surface area contributed by atoms with Crippen LogP contribution in [0.4, 0.5) is 0 Å². The predicted octanol–water partition coefficient (Wildman–Crippen LogP) is 2.96. The predicted molar refractivity (Wildman–Crippen MR) is 75.2 cm³/mol. The van der Waals surface area contributed by atoms with Gasteiger partial charge in [0.25, 0.3) is 5.91 Å². The quantitative estimate of drug-likeness (QED) is 0.666. The molecule has 0 aromatic heterocycles. The highest BCUT2D eigenvalue weighted by molar-refractivity contribution is 6.01. The number of nitrogens with one attached hydrogen (secondary N) is 1. The molecule has 19 heavy (non-hydrogen) atoms. The molecule has 0 spiro atoms. The van der Waals surface area contributed by atoms with Gasteiger partial charge in [0.15, 0.2) is 0 Å². The van der Waals surface area contributed by atoms with E-state index in [9.17, 15) is 4.79 Å². The highest BCUT2D eigenvalue weighted by atomic mass is 16.1. The van der Waals surface area contributed by atoms with Gasteiger partial charge in [-0.3, -0.25) is 4.79 Å². The van der Waals surface area contributed by atoms with Crippen LogP contribution in [0.2, 0.25) is 0 Å². The third-order valence-corrected chi connectivity index (χ3v) is 3.44. The van der Waals surface area contributed by atoms with Crippen molar-refractivity contribution in [3.63, 3.8) is 0 Å². The van der Waals surface area contributed by atoms with E-state index in [1.165, 1.54) is 0 Å². The van der Waals surface area contributed by atoms with E-state index in [-0.39, 0.29) is 17.5 Å².